The van der Waals surface area contributed by atoms with Crippen LogP contribution in [0.2, 0.25) is 0 Å². The quantitative estimate of drug-likeness (QED) is 0.0570. The molecule has 0 spiro atoms. The number of ketones is 1. The number of hydrogen-bond donors (Lipinski definition) is 4. The first-order valence-electron chi connectivity index (χ1n) is 15.5. The van der Waals surface area contributed by atoms with Gasteiger partial charge in [-0.25, -0.2) is 4.79 Å². The van der Waals surface area contributed by atoms with Gasteiger partial charge in [0, 0.05) is 6.42 Å². The van der Waals surface area contributed by atoms with E-state index in [4.69, 9.17) is 0 Å². The predicted molar refractivity (Wildman–Crippen MR) is 153 cm³/mol. The maximum atomic E-state index is 13.3. The van der Waals surface area contributed by atoms with E-state index in [9.17, 15) is 39.6 Å². The second-order valence-corrected chi connectivity index (χ2v) is 11.2. The lowest BCUT2D eigenvalue weighted by molar-refractivity contribution is -0.196. The first kappa shape index (κ1) is 37.0. The fourth-order valence-corrected chi connectivity index (χ4v) is 5.47. The number of carbonyl (C=O) groups excluding carboxylic acids is 1. The van der Waals surface area contributed by atoms with Crippen molar-refractivity contribution < 1.29 is 39.6 Å². The van der Waals surface area contributed by atoms with Crippen molar-refractivity contribution in [2.45, 2.75) is 167 Å². The van der Waals surface area contributed by atoms with E-state index in [1.807, 2.05) is 6.92 Å². The zero-order chi connectivity index (χ0) is 29.6. The number of carboxylic acid groups (broad SMARTS) is 3. The second-order valence-electron chi connectivity index (χ2n) is 11.2. The number of carbonyl (C=O) groups is 4. The van der Waals surface area contributed by atoms with Crippen LogP contribution >= 0.6 is 0 Å². The lowest BCUT2D eigenvalue weighted by Crippen LogP contribution is -2.63. The van der Waals surface area contributed by atoms with Gasteiger partial charge in [0.2, 0.25) is 0 Å². The molecule has 0 fully saturated rings. The highest BCUT2D eigenvalue weighted by molar-refractivity contribution is 6.09. The summed E-state index contributed by atoms with van der Waals surface area (Å²) in [4.78, 5) is 49.2. The van der Waals surface area contributed by atoms with Crippen LogP contribution in [0.4, 0.5) is 0 Å². The molecule has 0 saturated heterocycles. The molecule has 0 amide bonds. The second kappa shape index (κ2) is 21.8. The summed E-state index contributed by atoms with van der Waals surface area (Å²) in [5.41, 5.74) is -5.92. The fraction of sp³-hybridized carbons (Fsp3) is 0.871. The smallest absolute Gasteiger partial charge is 0.338 e. The van der Waals surface area contributed by atoms with Crippen molar-refractivity contribution in [3.63, 3.8) is 0 Å². The van der Waals surface area contributed by atoms with Gasteiger partial charge in [0.15, 0.2) is 16.8 Å². The van der Waals surface area contributed by atoms with Crippen LogP contribution < -0.4 is 0 Å². The van der Waals surface area contributed by atoms with Gasteiger partial charge >= 0.3 is 17.9 Å². The molecule has 39 heavy (non-hydrogen) atoms. The zero-order valence-corrected chi connectivity index (χ0v) is 24.7. The van der Waals surface area contributed by atoms with Crippen molar-refractivity contribution in [2.24, 2.45) is 5.41 Å². The Morgan fingerprint density at radius 2 is 0.872 bits per heavy atom. The third-order valence-corrected chi connectivity index (χ3v) is 7.97. The minimum atomic E-state index is -3.22. The summed E-state index contributed by atoms with van der Waals surface area (Å²) in [6.07, 6.45) is 18.3. The van der Waals surface area contributed by atoms with E-state index in [1.54, 1.807) is 0 Å². The molecular formula is C31H56O8. The minimum Gasteiger partial charge on any atom is -0.481 e. The topological polar surface area (TPSA) is 149 Å². The van der Waals surface area contributed by atoms with E-state index < -0.39 is 47.5 Å². The number of unbranched alkanes of at least 4 members (excludes halogenated alkanes) is 18. The molecule has 0 aliphatic heterocycles. The summed E-state index contributed by atoms with van der Waals surface area (Å²) < 4.78 is 0. The van der Waals surface area contributed by atoms with Crippen molar-refractivity contribution in [3.05, 3.63) is 0 Å². The van der Waals surface area contributed by atoms with Crippen LogP contribution in [0.5, 0.6) is 0 Å². The number of Topliss-reactive ketones (excluding diaryl/α,β-unsaturated/α-hetero) is 1. The van der Waals surface area contributed by atoms with Crippen LogP contribution in [0.15, 0.2) is 0 Å². The Hall–Kier alpha value is -1.96. The summed E-state index contributed by atoms with van der Waals surface area (Å²) in [5, 5.41) is 40.1. The molecule has 2 atom stereocenters. The van der Waals surface area contributed by atoms with Crippen molar-refractivity contribution in [1.82, 2.24) is 0 Å². The first-order valence-corrected chi connectivity index (χ1v) is 15.5. The molecule has 0 aromatic rings. The maximum absolute atomic E-state index is 13.3. The van der Waals surface area contributed by atoms with Gasteiger partial charge in [-0.15, -0.1) is 0 Å². The summed E-state index contributed by atoms with van der Waals surface area (Å²) in [6.45, 7) is 4.26. The number of aliphatic hydroxyl groups is 1. The van der Waals surface area contributed by atoms with Crippen LogP contribution in [0, 0.1) is 5.41 Å². The average Bonchev–Trinajstić information content (AvgIpc) is 2.87. The Labute approximate surface area is 236 Å². The molecule has 0 heterocycles. The summed E-state index contributed by atoms with van der Waals surface area (Å²) >= 11 is 0. The number of carboxylic acids is 3. The SMILES string of the molecule is CCCCCCCCCCCCCCCCCC(C(=O)O)(C(=O)CCCCCCC)C(O)(CC(=O)O)C(=O)O. The molecule has 2 unspecified atom stereocenters. The Morgan fingerprint density at radius 3 is 1.21 bits per heavy atom. The molecule has 0 aromatic heterocycles. The molecule has 8 nitrogen and oxygen atoms in total. The number of aliphatic carboxylic acids is 3. The highest BCUT2D eigenvalue weighted by Crippen LogP contribution is 2.43. The molecular weight excluding hydrogens is 500 g/mol. The first-order chi connectivity index (χ1) is 18.6. The van der Waals surface area contributed by atoms with E-state index >= 15 is 0 Å². The highest BCUT2D eigenvalue weighted by Gasteiger charge is 2.65. The lowest BCUT2D eigenvalue weighted by atomic mass is 9.63. The van der Waals surface area contributed by atoms with E-state index in [-0.39, 0.29) is 12.8 Å². The largest absolute Gasteiger partial charge is 0.481 e. The van der Waals surface area contributed by atoms with Crippen molar-refractivity contribution in [3.8, 4) is 0 Å². The van der Waals surface area contributed by atoms with E-state index in [0.717, 1.165) is 44.9 Å². The molecule has 0 aromatic carbocycles. The van der Waals surface area contributed by atoms with Gasteiger partial charge in [0.05, 0.1) is 6.42 Å². The van der Waals surface area contributed by atoms with E-state index in [2.05, 4.69) is 6.92 Å². The Bertz CT molecular complexity index is 707. The summed E-state index contributed by atoms with van der Waals surface area (Å²) in [6, 6.07) is 0. The monoisotopic (exact) mass is 556 g/mol. The molecule has 0 aliphatic carbocycles. The zero-order valence-electron chi connectivity index (χ0n) is 24.7. The normalized spacial score (nSPS) is 14.4. The van der Waals surface area contributed by atoms with Crippen LogP contribution in [0.25, 0.3) is 0 Å². The fourth-order valence-electron chi connectivity index (χ4n) is 5.47. The third kappa shape index (κ3) is 13.8. The van der Waals surface area contributed by atoms with Crippen LogP contribution in [-0.4, -0.2) is 49.7 Å². The Balaban J connectivity index is 4.86. The lowest BCUT2D eigenvalue weighted by Gasteiger charge is -2.39. The van der Waals surface area contributed by atoms with Crippen LogP contribution in [0.1, 0.15) is 162 Å². The molecule has 0 radical (unpaired) electrons. The van der Waals surface area contributed by atoms with Crippen LogP contribution in [0.3, 0.4) is 0 Å². The van der Waals surface area contributed by atoms with Crippen molar-refractivity contribution in [2.75, 3.05) is 0 Å². The maximum Gasteiger partial charge on any atom is 0.338 e. The van der Waals surface area contributed by atoms with Gasteiger partial charge in [0.1, 0.15) is 0 Å². The van der Waals surface area contributed by atoms with Gasteiger partial charge in [-0.1, -0.05) is 136 Å². The molecule has 228 valence electrons. The third-order valence-electron chi connectivity index (χ3n) is 7.97. The van der Waals surface area contributed by atoms with Crippen molar-refractivity contribution >= 4 is 23.7 Å². The van der Waals surface area contributed by atoms with Crippen LogP contribution in [-0.2, 0) is 19.2 Å². The predicted octanol–water partition coefficient (Wildman–Crippen LogP) is 7.54. The summed E-state index contributed by atoms with van der Waals surface area (Å²) in [7, 11) is 0. The minimum absolute atomic E-state index is 0.204. The van der Waals surface area contributed by atoms with Gasteiger partial charge < -0.3 is 20.4 Å². The highest BCUT2D eigenvalue weighted by atomic mass is 16.4. The van der Waals surface area contributed by atoms with Crippen molar-refractivity contribution in [1.29, 1.82) is 0 Å². The summed E-state index contributed by atoms with van der Waals surface area (Å²) in [5.74, 6) is -6.33. The number of hydrogen-bond acceptors (Lipinski definition) is 5. The van der Waals surface area contributed by atoms with Gasteiger partial charge in [-0.2, -0.15) is 0 Å². The molecule has 0 saturated carbocycles. The molecule has 0 aliphatic rings. The Morgan fingerprint density at radius 1 is 0.513 bits per heavy atom. The standard InChI is InChI=1S/C31H56O8/c1-3-5-7-9-10-11-12-13-14-15-16-17-18-20-22-24-30(28(35)36,26(32)23-21-19-8-6-4-2)31(39,29(37)38)25-27(33)34/h39H,3-25H2,1-2H3,(H,33,34)(H,35,36)(H,37,38). The van der Waals surface area contributed by atoms with Gasteiger partial charge in [-0.05, 0) is 12.8 Å². The molecule has 4 N–H and O–H groups in total. The average molecular weight is 557 g/mol. The number of rotatable bonds is 28. The molecule has 0 rings (SSSR count). The molecule has 8 heteroatoms. The van der Waals surface area contributed by atoms with E-state index in [1.165, 1.54) is 57.8 Å². The van der Waals surface area contributed by atoms with Gasteiger partial charge in [-0.3, -0.25) is 14.4 Å². The molecule has 0 bridgehead atoms. The van der Waals surface area contributed by atoms with Gasteiger partial charge in [0.25, 0.3) is 0 Å². The Kier molecular flexibility index (Phi) is 20.7. The van der Waals surface area contributed by atoms with E-state index in [0.29, 0.717) is 19.3 Å².